The molecule has 4 rings (SSSR count). The van der Waals surface area contributed by atoms with E-state index in [0.717, 1.165) is 14.3 Å². The number of nitrogens with zero attached hydrogens (tertiary/aromatic N) is 1. The quantitative estimate of drug-likeness (QED) is 0.515. The lowest BCUT2D eigenvalue weighted by molar-refractivity contribution is -0.114. The van der Waals surface area contributed by atoms with Crippen LogP contribution in [0.1, 0.15) is 20.7 Å². The summed E-state index contributed by atoms with van der Waals surface area (Å²) in [5.41, 5.74) is 1.91. The summed E-state index contributed by atoms with van der Waals surface area (Å²) in [7, 11) is 1.30. The molecule has 8 heteroatoms. The fraction of sp³-hybridized carbons (Fsp3) is 0.0870. The second-order valence-corrected chi connectivity index (χ2v) is 8.72. The second-order valence-electron chi connectivity index (χ2n) is 6.72. The van der Waals surface area contributed by atoms with Crippen molar-refractivity contribution in [1.29, 1.82) is 0 Å². The third-order valence-corrected chi connectivity index (χ3v) is 6.35. The van der Waals surface area contributed by atoms with Crippen LogP contribution in [0.3, 0.4) is 0 Å². The average molecular weight is 497 g/mol. The first kappa shape index (κ1) is 21.1. The van der Waals surface area contributed by atoms with Crippen molar-refractivity contribution in [2.45, 2.75) is 9.79 Å². The third kappa shape index (κ3) is 4.50. The number of hydrogen-bond acceptors (Lipinski definition) is 5. The Labute approximate surface area is 191 Å². The fourth-order valence-corrected chi connectivity index (χ4v) is 4.52. The molecule has 156 valence electrons. The predicted molar refractivity (Wildman–Crippen MR) is 123 cm³/mol. The van der Waals surface area contributed by atoms with E-state index >= 15 is 0 Å². The Hall–Kier alpha value is -3.10. The number of halogens is 1. The summed E-state index contributed by atoms with van der Waals surface area (Å²) in [4.78, 5) is 41.2. The SMILES string of the molecule is COC(=O)c1ccc2c(c1)N(CC(=O)Nc1ccc(Br)cc1)C(=O)c1ccccc1S2. The highest BCUT2D eigenvalue weighted by atomic mass is 79.9. The molecule has 31 heavy (non-hydrogen) atoms. The molecule has 0 saturated carbocycles. The van der Waals surface area contributed by atoms with E-state index in [0.29, 0.717) is 22.5 Å². The van der Waals surface area contributed by atoms with Crippen LogP contribution in [0.25, 0.3) is 0 Å². The molecule has 1 aliphatic rings. The normalized spacial score (nSPS) is 12.5. The van der Waals surface area contributed by atoms with Crippen LogP contribution in [0.5, 0.6) is 0 Å². The van der Waals surface area contributed by atoms with Gasteiger partial charge >= 0.3 is 5.97 Å². The molecule has 0 fully saturated rings. The van der Waals surface area contributed by atoms with Crippen LogP contribution in [-0.4, -0.2) is 31.4 Å². The molecule has 0 unspecified atom stereocenters. The smallest absolute Gasteiger partial charge is 0.337 e. The van der Waals surface area contributed by atoms with Crippen molar-refractivity contribution in [3.8, 4) is 0 Å². The Morgan fingerprint density at radius 2 is 1.77 bits per heavy atom. The number of ether oxygens (including phenoxy) is 1. The molecule has 0 spiro atoms. The zero-order chi connectivity index (χ0) is 22.0. The number of hydrogen-bond donors (Lipinski definition) is 1. The van der Waals surface area contributed by atoms with Gasteiger partial charge in [0.25, 0.3) is 5.91 Å². The van der Waals surface area contributed by atoms with Gasteiger partial charge in [0, 0.05) is 20.0 Å². The van der Waals surface area contributed by atoms with E-state index in [-0.39, 0.29) is 18.4 Å². The van der Waals surface area contributed by atoms with Crippen molar-refractivity contribution >= 4 is 56.9 Å². The summed E-state index contributed by atoms with van der Waals surface area (Å²) >= 11 is 4.78. The van der Waals surface area contributed by atoms with Crippen LogP contribution in [-0.2, 0) is 9.53 Å². The average Bonchev–Trinajstić information content (AvgIpc) is 2.89. The highest BCUT2D eigenvalue weighted by Gasteiger charge is 2.29. The lowest BCUT2D eigenvalue weighted by atomic mass is 10.1. The summed E-state index contributed by atoms with van der Waals surface area (Å²) in [5.74, 6) is -1.18. The highest BCUT2D eigenvalue weighted by molar-refractivity contribution is 9.10. The number of carbonyl (C=O) groups is 3. The third-order valence-electron chi connectivity index (χ3n) is 4.68. The zero-order valence-corrected chi connectivity index (χ0v) is 18.8. The van der Waals surface area contributed by atoms with E-state index in [1.807, 2.05) is 24.3 Å². The lowest BCUT2D eigenvalue weighted by Crippen LogP contribution is -2.38. The first-order valence-corrected chi connectivity index (χ1v) is 10.9. The van der Waals surface area contributed by atoms with Gasteiger partial charge in [0.1, 0.15) is 6.54 Å². The molecule has 1 N–H and O–H groups in total. The lowest BCUT2D eigenvalue weighted by Gasteiger charge is -2.23. The van der Waals surface area contributed by atoms with E-state index in [9.17, 15) is 14.4 Å². The Morgan fingerprint density at radius 3 is 2.52 bits per heavy atom. The predicted octanol–water partition coefficient (Wildman–Crippen LogP) is 4.99. The fourth-order valence-electron chi connectivity index (χ4n) is 3.20. The van der Waals surface area contributed by atoms with Gasteiger partial charge in [-0.3, -0.25) is 14.5 Å². The number of amides is 2. The van der Waals surface area contributed by atoms with Crippen molar-refractivity contribution in [2.75, 3.05) is 23.9 Å². The van der Waals surface area contributed by atoms with Gasteiger partial charge in [-0.2, -0.15) is 0 Å². The Bertz CT molecular complexity index is 1180. The number of carbonyl (C=O) groups excluding carboxylic acids is 3. The largest absolute Gasteiger partial charge is 0.465 e. The second kappa shape index (κ2) is 8.95. The number of methoxy groups -OCH3 is 1. The minimum atomic E-state index is -0.513. The number of benzene rings is 3. The van der Waals surface area contributed by atoms with E-state index in [2.05, 4.69) is 21.2 Å². The first-order valence-electron chi connectivity index (χ1n) is 9.33. The number of anilines is 2. The van der Waals surface area contributed by atoms with Crippen molar-refractivity contribution in [1.82, 2.24) is 0 Å². The summed E-state index contributed by atoms with van der Waals surface area (Å²) in [5, 5.41) is 2.81. The Balaban J connectivity index is 1.71. The Morgan fingerprint density at radius 1 is 1.03 bits per heavy atom. The molecule has 1 heterocycles. The van der Waals surface area contributed by atoms with Gasteiger partial charge in [0.15, 0.2) is 0 Å². The minimum Gasteiger partial charge on any atom is -0.465 e. The molecule has 6 nitrogen and oxygen atoms in total. The van der Waals surface area contributed by atoms with E-state index in [4.69, 9.17) is 4.74 Å². The van der Waals surface area contributed by atoms with Gasteiger partial charge in [-0.1, -0.05) is 39.8 Å². The van der Waals surface area contributed by atoms with Crippen LogP contribution in [0.2, 0.25) is 0 Å². The molecule has 0 aromatic heterocycles. The minimum absolute atomic E-state index is 0.207. The Kier molecular flexibility index (Phi) is 6.11. The number of fused-ring (bicyclic) bond motifs is 2. The molecule has 2 amide bonds. The van der Waals surface area contributed by atoms with Crippen molar-refractivity contribution in [3.05, 3.63) is 82.3 Å². The van der Waals surface area contributed by atoms with Gasteiger partial charge in [0.05, 0.1) is 23.9 Å². The maximum Gasteiger partial charge on any atom is 0.337 e. The van der Waals surface area contributed by atoms with Gasteiger partial charge in [-0.05, 0) is 54.6 Å². The van der Waals surface area contributed by atoms with Crippen LogP contribution in [0.15, 0.2) is 81.0 Å². The van der Waals surface area contributed by atoms with E-state index < -0.39 is 5.97 Å². The van der Waals surface area contributed by atoms with Crippen molar-refractivity contribution in [2.24, 2.45) is 0 Å². The van der Waals surface area contributed by atoms with Crippen molar-refractivity contribution in [3.63, 3.8) is 0 Å². The molecule has 3 aromatic rings. The van der Waals surface area contributed by atoms with Crippen LogP contribution in [0, 0.1) is 0 Å². The molecule has 0 saturated heterocycles. The molecule has 0 bridgehead atoms. The first-order chi connectivity index (χ1) is 15.0. The van der Waals surface area contributed by atoms with Crippen LogP contribution < -0.4 is 10.2 Å². The molecule has 3 aromatic carbocycles. The van der Waals surface area contributed by atoms with Gasteiger partial charge in [-0.15, -0.1) is 0 Å². The number of esters is 1. The molecular weight excluding hydrogens is 480 g/mol. The maximum absolute atomic E-state index is 13.4. The van der Waals surface area contributed by atoms with Gasteiger partial charge < -0.3 is 10.1 Å². The zero-order valence-electron chi connectivity index (χ0n) is 16.4. The van der Waals surface area contributed by atoms with Crippen LogP contribution >= 0.6 is 27.7 Å². The molecule has 0 aliphatic carbocycles. The summed E-state index contributed by atoms with van der Waals surface area (Å²) in [6.07, 6.45) is 0. The summed E-state index contributed by atoms with van der Waals surface area (Å²) in [6.45, 7) is -0.207. The summed E-state index contributed by atoms with van der Waals surface area (Å²) < 4.78 is 5.71. The topological polar surface area (TPSA) is 75.7 Å². The molecule has 0 atom stereocenters. The molecule has 0 radical (unpaired) electrons. The molecular formula is C23H17BrN2O4S. The van der Waals surface area contributed by atoms with Gasteiger partial charge in [0.2, 0.25) is 5.91 Å². The highest BCUT2D eigenvalue weighted by Crippen LogP contribution is 2.41. The van der Waals surface area contributed by atoms with E-state index in [1.165, 1.54) is 23.8 Å². The van der Waals surface area contributed by atoms with Crippen molar-refractivity contribution < 1.29 is 19.1 Å². The van der Waals surface area contributed by atoms with Gasteiger partial charge in [-0.25, -0.2) is 4.79 Å². The molecule has 1 aliphatic heterocycles. The van der Waals surface area contributed by atoms with E-state index in [1.54, 1.807) is 42.5 Å². The maximum atomic E-state index is 13.4. The standard InChI is InChI=1S/C23H17BrN2O4S/c1-30-23(29)14-6-11-20-18(12-14)26(22(28)17-4-2-3-5-19(17)31-20)13-21(27)25-16-9-7-15(24)8-10-16/h2-12H,13H2,1H3,(H,25,27). The number of rotatable bonds is 4. The monoisotopic (exact) mass is 496 g/mol. The summed E-state index contributed by atoms with van der Waals surface area (Å²) in [6, 6.07) is 19.4. The van der Waals surface area contributed by atoms with Crippen LogP contribution in [0.4, 0.5) is 11.4 Å². The number of nitrogens with one attached hydrogen (secondary N) is 1.